The van der Waals surface area contributed by atoms with Crippen LogP contribution in [0.5, 0.6) is 0 Å². The SMILES string of the molecule is C[C@H]1COCCN1c1nc(N2CCOC[C@@H]2C)c2ccc(-c3ccc4[nH]nc(N)c4c3)nc2n1. The minimum absolute atomic E-state index is 0.191. The molecule has 176 valence electrons. The number of nitrogens with zero attached hydrogens (tertiary/aromatic N) is 6. The van der Waals surface area contributed by atoms with Crippen molar-refractivity contribution in [1.82, 2.24) is 25.1 Å². The Morgan fingerprint density at radius 2 is 1.68 bits per heavy atom. The number of ether oxygens (including phenoxy) is 2. The van der Waals surface area contributed by atoms with Gasteiger partial charge in [0.25, 0.3) is 0 Å². The highest BCUT2D eigenvalue weighted by atomic mass is 16.5. The van der Waals surface area contributed by atoms with E-state index in [0.717, 1.165) is 46.5 Å². The van der Waals surface area contributed by atoms with Crippen LogP contribution >= 0.6 is 0 Å². The maximum absolute atomic E-state index is 6.03. The van der Waals surface area contributed by atoms with Crippen molar-refractivity contribution in [3.63, 3.8) is 0 Å². The smallest absolute Gasteiger partial charge is 0.229 e. The molecule has 0 aliphatic carbocycles. The summed E-state index contributed by atoms with van der Waals surface area (Å²) in [6.45, 7) is 8.50. The van der Waals surface area contributed by atoms with Crippen LogP contribution in [-0.2, 0) is 9.47 Å². The van der Waals surface area contributed by atoms with Gasteiger partial charge in [0, 0.05) is 24.0 Å². The summed E-state index contributed by atoms with van der Waals surface area (Å²) in [5, 5.41) is 8.86. The van der Waals surface area contributed by atoms with Gasteiger partial charge in [-0.2, -0.15) is 15.1 Å². The summed E-state index contributed by atoms with van der Waals surface area (Å²) in [7, 11) is 0. The number of fused-ring (bicyclic) bond motifs is 2. The van der Waals surface area contributed by atoms with E-state index < -0.39 is 0 Å². The molecule has 2 aliphatic rings. The Hall–Kier alpha value is -3.50. The number of aromatic nitrogens is 5. The Kier molecular flexibility index (Phi) is 5.19. The summed E-state index contributed by atoms with van der Waals surface area (Å²) >= 11 is 0. The number of hydrogen-bond acceptors (Lipinski definition) is 9. The van der Waals surface area contributed by atoms with Gasteiger partial charge in [-0.1, -0.05) is 6.07 Å². The predicted octanol–water partition coefficient (Wildman–Crippen LogP) is 2.60. The van der Waals surface area contributed by atoms with Crippen molar-refractivity contribution in [2.75, 3.05) is 55.1 Å². The normalized spacial score (nSPS) is 21.5. The van der Waals surface area contributed by atoms with E-state index in [9.17, 15) is 0 Å². The number of benzene rings is 1. The zero-order chi connectivity index (χ0) is 23.2. The molecule has 10 nitrogen and oxygen atoms in total. The molecular formula is C24H28N8O2. The van der Waals surface area contributed by atoms with E-state index in [0.29, 0.717) is 43.8 Å². The lowest BCUT2D eigenvalue weighted by Crippen LogP contribution is -2.46. The van der Waals surface area contributed by atoms with Crippen LogP contribution < -0.4 is 15.5 Å². The van der Waals surface area contributed by atoms with Crippen LogP contribution in [0.1, 0.15) is 13.8 Å². The Morgan fingerprint density at radius 3 is 2.44 bits per heavy atom. The molecule has 0 radical (unpaired) electrons. The van der Waals surface area contributed by atoms with Crippen molar-refractivity contribution in [2.24, 2.45) is 0 Å². The summed E-state index contributed by atoms with van der Waals surface area (Å²) in [5.41, 5.74) is 9.40. The third-order valence-electron chi connectivity index (χ3n) is 6.68. The van der Waals surface area contributed by atoms with E-state index in [1.165, 1.54) is 0 Å². The molecule has 0 bridgehead atoms. The maximum atomic E-state index is 6.03. The summed E-state index contributed by atoms with van der Waals surface area (Å²) in [5.74, 6) is 2.08. The molecule has 6 rings (SSSR count). The third-order valence-corrected chi connectivity index (χ3v) is 6.68. The fourth-order valence-electron chi connectivity index (χ4n) is 4.75. The first kappa shape index (κ1) is 21.1. The number of nitrogen functional groups attached to an aromatic ring is 1. The lowest BCUT2D eigenvalue weighted by atomic mass is 10.1. The fraction of sp³-hybridized carbons (Fsp3) is 0.417. The van der Waals surface area contributed by atoms with Gasteiger partial charge in [0.2, 0.25) is 5.95 Å². The molecule has 0 saturated carbocycles. The quantitative estimate of drug-likeness (QED) is 0.475. The average Bonchev–Trinajstić information content (AvgIpc) is 3.23. The molecule has 0 spiro atoms. The molecule has 2 fully saturated rings. The zero-order valence-corrected chi connectivity index (χ0v) is 19.4. The van der Waals surface area contributed by atoms with Crippen LogP contribution in [0.4, 0.5) is 17.6 Å². The van der Waals surface area contributed by atoms with E-state index >= 15 is 0 Å². The van der Waals surface area contributed by atoms with Crippen LogP contribution in [0.2, 0.25) is 0 Å². The largest absolute Gasteiger partial charge is 0.382 e. The molecule has 10 heteroatoms. The number of H-pyrrole nitrogens is 1. The number of rotatable bonds is 3. The summed E-state index contributed by atoms with van der Waals surface area (Å²) in [4.78, 5) is 19.5. The van der Waals surface area contributed by atoms with Crippen molar-refractivity contribution < 1.29 is 9.47 Å². The molecule has 0 unspecified atom stereocenters. The number of anilines is 3. The van der Waals surface area contributed by atoms with Crippen molar-refractivity contribution in [3.8, 4) is 11.3 Å². The molecule has 2 saturated heterocycles. The summed E-state index contributed by atoms with van der Waals surface area (Å²) < 4.78 is 11.3. The average molecular weight is 461 g/mol. The molecule has 3 aromatic heterocycles. The molecule has 4 aromatic rings. The first-order valence-electron chi connectivity index (χ1n) is 11.7. The van der Waals surface area contributed by atoms with Gasteiger partial charge in [-0.3, -0.25) is 5.10 Å². The van der Waals surface area contributed by atoms with Crippen molar-refractivity contribution >= 4 is 39.5 Å². The van der Waals surface area contributed by atoms with Gasteiger partial charge in [0.05, 0.1) is 55.1 Å². The first-order chi connectivity index (χ1) is 16.6. The maximum Gasteiger partial charge on any atom is 0.229 e. The molecule has 0 amide bonds. The monoisotopic (exact) mass is 460 g/mol. The second kappa shape index (κ2) is 8.37. The van der Waals surface area contributed by atoms with Crippen LogP contribution in [0.15, 0.2) is 30.3 Å². The molecule has 3 N–H and O–H groups in total. The minimum atomic E-state index is 0.191. The molecule has 34 heavy (non-hydrogen) atoms. The highest BCUT2D eigenvalue weighted by Gasteiger charge is 2.27. The van der Waals surface area contributed by atoms with Gasteiger partial charge in [0.1, 0.15) is 5.82 Å². The lowest BCUT2D eigenvalue weighted by molar-refractivity contribution is 0.0973. The Bertz CT molecular complexity index is 1360. The number of morpholine rings is 2. The fourth-order valence-corrected chi connectivity index (χ4v) is 4.75. The minimum Gasteiger partial charge on any atom is -0.382 e. The number of nitrogens with one attached hydrogen (secondary N) is 1. The Balaban J connectivity index is 1.50. The van der Waals surface area contributed by atoms with Crippen LogP contribution in [0.25, 0.3) is 33.2 Å². The van der Waals surface area contributed by atoms with Crippen molar-refractivity contribution in [1.29, 1.82) is 0 Å². The number of nitrogens with two attached hydrogens (primary N) is 1. The van der Waals surface area contributed by atoms with E-state index in [-0.39, 0.29) is 12.1 Å². The van der Waals surface area contributed by atoms with E-state index in [2.05, 4.69) is 39.9 Å². The topological polar surface area (TPSA) is 118 Å². The number of pyridine rings is 1. The van der Waals surface area contributed by atoms with Gasteiger partial charge in [0.15, 0.2) is 11.5 Å². The zero-order valence-electron chi connectivity index (χ0n) is 19.4. The Labute approximate surface area is 197 Å². The van der Waals surface area contributed by atoms with Crippen LogP contribution in [0, 0.1) is 0 Å². The summed E-state index contributed by atoms with van der Waals surface area (Å²) in [6.07, 6.45) is 0. The van der Waals surface area contributed by atoms with Gasteiger partial charge in [-0.15, -0.1) is 0 Å². The molecule has 5 heterocycles. The molecular weight excluding hydrogens is 432 g/mol. The Morgan fingerprint density at radius 1 is 0.912 bits per heavy atom. The van der Waals surface area contributed by atoms with Gasteiger partial charge < -0.3 is 25.0 Å². The van der Waals surface area contributed by atoms with Crippen molar-refractivity contribution in [3.05, 3.63) is 30.3 Å². The van der Waals surface area contributed by atoms with Crippen molar-refractivity contribution in [2.45, 2.75) is 25.9 Å². The van der Waals surface area contributed by atoms with E-state index in [1.807, 2.05) is 24.3 Å². The first-order valence-corrected chi connectivity index (χ1v) is 11.7. The van der Waals surface area contributed by atoms with E-state index in [4.69, 9.17) is 30.2 Å². The second-order valence-corrected chi connectivity index (χ2v) is 9.02. The van der Waals surface area contributed by atoms with E-state index in [1.54, 1.807) is 0 Å². The highest BCUT2D eigenvalue weighted by molar-refractivity contribution is 5.93. The standard InChI is InChI=1S/C24H28N8O2/c1-14-12-33-9-7-31(14)23-17-4-6-19(16-3-5-20-18(11-16)21(25)30-29-20)26-22(17)27-24(28-23)32-8-10-34-13-15(32)2/h3-6,11,14-15H,7-10,12-13H2,1-2H3,(H3,25,29,30)/t14-,15-/m0/s1. The second-order valence-electron chi connectivity index (χ2n) is 9.02. The third kappa shape index (κ3) is 3.59. The summed E-state index contributed by atoms with van der Waals surface area (Å²) in [6, 6.07) is 10.5. The van der Waals surface area contributed by atoms with Crippen LogP contribution in [-0.4, -0.2) is 76.8 Å². The highest BCUT2D eigenvalue weighted by Crippen LogP contribution is 2.32. The molecule has 2 aliphatic heterocycles. The van der Waals surface area contributed by atoms with Crippen LogP contribution in [0.3, 0.4) is 0 Å². The molecule has 2 atom stereocenters. The van der Waals surface area contributed by atoms with Gasteiger partial charge >= 0.3 is 0 Å². The van der Waals surface area contributed by atoms with Gasteiger partial charge in [-0.05, 0) is 38.1 Å². The number of aromatic amines is 1. The lowest BCUT2D eigenvalue weighted by Gasteiger charge is -2.37. The molecule has 1 aromatic carbocycles. The number of hydrogen-bond donors (Lipinski definition) is 2. The van der Waals surface area contributed by atoms with Gasteiger partial charge in [-0.25, -0.2) is 4.98 Å². The predicted molar refractivity (Wildman–Crippen MR) is 132 cm³/mol.